The highest BCUT2D eigenvalue weighted by Crippen LogP contribution is 2.23. The summed E-state index contributed by atoms with van der Waals surface area (Å²) in [6.07, 6.45) is 2.18. The van der Waals surface area contributed by atoms with Gasteiger partial charge >= 0.3 is 0 Å². The SMILES string of the molecule is C[C@H]1CC[C@H](C(N)=O)CN1C(=O)CCc1nc(-c2ccccc2)no1. The lowest BCUT2D eigenvalue weighted by molar-refractivity contribution is -0.137. The average Bonchev–Trinajstić information content (AvgIpc) is 3.09. The third-order valence-electron chi connectivity index (χ3n) is 4.66. The Hall–Kier alpha value is -2.70. The molecule has 2 heterocycles. The number of nitrogens with two attached hydrogens (primary N) is 1. The van der Waals surface area contributed by atoms with Gasteiger partial charge in [-0.25, -0.2) is 0 Å². The number of piperidine rings is 1. The van der Waals surface area contributed by atoms with E-state index in [0.29, 0.717) is 24.7 Å². The molecule has 3 rings (SSSR count). The van der Waals surface area contributed by atoms with Crippen LogP contribution in [-0.2, 0) is 16.0 Å². The highest BCUT2D eigenvalue weighted by Gasteiger charge is 2.31. The van der Waals surface area contributed by atoms with Crippen LogP contribution in [0.5, 0.6) is 0 Å². The predicted molar refractivity (Wildman–Crippen MR) is 91.1 cm³/mol. The molecule has 0 radical (unpaired) electrons. The summed E-state index contributed by atoms with van der Waals surface area (Å²) in [5.41, 5.74) is 6.26. The number of benzene rings is 1. The number of rotatable bonds is 5. The fourth-order valence-electron chi connectivity index (χ4n) is 3.11. The molecule has 2 aromatic rings. The Kier molecular flexibility index (Phi) is 5.11. The third kappa shape index (κ3) is 4.04. The summed E-state index contributed by atoms with van der Waals surface area (Å²) in [6, 6.07) is 9.65. The highest BCUT2D eigenvalue weighted by atomic mass is 16.5. The number of nitrogens with zero attached hydrogens (tertiary/aromatic N) is 3. The van der Waals surface area contributed by atoms with Crippen LogP contribution >= 0.6 is 0 Å². The number of hydrogen-bond donors (Lipinski definition) is 1. The zero-order chi connectivity index (χ0) is 17.8. The summed E-state index contributed by atoms with van der Waals surface area (Å²) in [7, 11) is 0. The van der Waals surface area contributed by atoms with Crippen molar-refractivity contribution in [2.24, 2.45) is 11.7 Å². The molecule has 25 heavy (non-hydrogen) atoms. The van der Waals surface area contributed by atoms with Crippen LogP contribution in [0.2, 0.25) is 0 Å². The van der Waals surface area contributed by atoms with Gasteiger partial charge in [-0.2, -0.15) is 4.98 Å². The number of carbonyl (C=O) groups is 2. The van der Waals surface area contributed by atoms with Crippen molar-refractivity contribution in [3.05, 3.63) is 36.2 Å². The number of aromatic nitrogens is 2. The molecule has 0 aliphatic carbocycles. The van der Waals surface area contributed by atoms with Crippen LogP contribution < -0.4 is 5.73 Å². The molecular weight excluding hydrogens is 320 g/mol. The fourth-order valence-corrected chi connectivity index (χ4v) is 3.11. The first-order valence-corrected chi connectivity index (χ1v) is 8.51. The second-order valence-electron chi connectivity index (χ2n) is 6.45. The second kappa shape index (κ2) is 7.46. The van der Waals surface area contributed by atoms with Gasteiger partial charge in [0.1, 0.15) is 0 Å². The zero-order valence-electron chi connectivity index (χ0n) is 14.2. The Morgan fingerprint density at radius 2 is 2.04 bits per heavy atom. The summed E-state index contributed by atoms with van der Waals surface area (Å²) in [5.74, 6) is 0.340. The monoisotopic (exact) mass is 342 g/mol. The van der Waals surface area contributed by atoms with Crippen molar-refractivity contribution in [1.82, 2.24) is 15.0 Å². The molecule has 1 aliphatic heterocycles. The van der Waals surface area contributed by atoms with Gasteiger partial charge in [-0.15, -0.1) is 0 Å². The zero-order valence-corrected chi connectivity index (χ0v) is 14.2. The maximum absolute atomic E-state index is 12.5. The largest absolute Gasteiger partial charge is 0.369 e. The molecule has 2 N–H and O–H groups in total. The molecule has 2 atom stereocenters. The van der Waals surface area contributed by atoms with E-state index < -0.39 is 0 Å². The molecule has 7 heteroatoms. The lowest BCUT2D eigenvalue weighted by atomic mass is 9.92. The maximum atomic E-state index is 12.5. The molecule has 1 aromatic heterocycles. The van der Waals surface area contributed by atoms with E-state index in [1.54, 1.807) is 4.90 Å². The molecule has 0 saturated carbocycles. The molecule has 1 aromatic carbocycles. The molecule has 1 aliphatic rings. The fraction of sp³-hybridized carbons (Fsp3) is 0.444. The summed E-state index contributed by atoms with van der Waals surface area (Å²) in [5, 5.41) is 3.95. The number of carbonyl (C=O) groups excluding carboxylic acids is 2. The van der Waals surface area contributed by atoms with Crippen LogP contribution in [0.15, 0.2) is 34.9 Å². The minimum absolute atomic E-state index is 0.0158. The lowest BCUT2D eigenvalue weighted by Gasteiger charge is -2.37. The Bertz CT molecular complexity index is 744. The van der Waals surface area contributed by atoms with Crippen molar-refractivity contribution >= 4 is 11.8 Å². The standard InChI is InChI=1S/C18H22N4O3/c1-12-7-8-14(17(19)24)11-22(12)16(23)10-9-15-20-18(21-25-15)13-5-3-2-4-6-13/h2-6,12,14H,7-11H2,1H3,(H2,19,24)/t12-,14-/m0/s1. The van der Waals surface area contributed by atoms with Crippen LogP contribution in [0.1, 0.15) is 32.1 Å². The van der Waals surface area contributed by atoms with Gasteiger partial charge in [0.25, 0.3) is 0 Å². The third-order valence-corrected chi connectivity index (χ3v) is 4.66. The van der Waals surface area contributed by atoms with Crippen molar-refractivity contribution < 1.29 is 14.1 Å². The topological polar surface area (TPSA) is 102 Å². The quantitative estimate of drug-likeness (QED) is 0.892. The van der Waals surface area contributed by atoms with Gasteiger partial charge < -0.3 is 15.2 Å². The van der Waals surface area contributed by atoms with Crippen LogP contribution in [0.4, 0.5) is 0 Å². The molecular formula is C18H22N4O3. The van der Waals surface area contributed by atoms with Gasteiger partial charge in [-0.3, -0.25) is 9.59 Å². The van der Waals surface area contributed by atoms with E-state index in [9.17, 15) is 9.59 Å². The van der Waals surface area contributed by atoms with Crippen molar-refractivity contribution in [2.75, 3.05) is 6.54 Å². The normalized spacial score (nSPS) is 20.4. The van der Waals surface area contributed by atoms with Crippen molar-refractivity contribution in [3.63, 3.8) is 0 Å². The Balaban J connectivity index is 1.59. The van der Waals surface area contributed by atoms with Gasteiger partial charge in [0.05, 0.1) is 5.92 Å². The Morgan fingerprint density at radius 1 is 1.28 bits per heavy atom. The first-order valence-electron chi connectivity index (χ1n) is 8.51. The molecule has 0 unspecified atom stereocenters. The first-order chi connectivity index (χ1) is 12.0. The van der Waals surface area contributed by atoms with Crippen molar-refractivity contribution in [3.8, 4) is 11.4 Å². The lowest BCUT2D eigenvalue weighted by Crippen LogP contribution is -2.48. The summed E-state index contributed by atoms with van der Waals surface area (Å²) in [6.45, 7) is 2.39. The number of likely N-dealkylation sites (tertiary alicyclic amines) is 1. The molecule has 7 nitrogen and oxygen atoms in total. The molecule has 0 spiro atoms. The van der Waals surface area contributed by atoms with Gasteiger partial charge in [-0.1, -0.05) is 35.5 Å². The van der Waals surface area contributed by atoms with Crippen LogP contribution in [0.3, 0.4) is 0 Å². The first kappa shape index (κ1) is 17.1. The number of aryl methyl sites for hydroxylation is 1. The summed E-state index contributed by atoms with van der Waals surface area (Å²) in [4.78, 5) is 30.0. The van der Waals surface area contributed by atoms with E-state index in [1.807, 2.05) is 37.3 Å². The molecule has 0 bridgehead atoms. The second-order valence-corrected chi connectivity index (χ2v) is 6.45. The number of hydrogen-bond acceptors (Lipinski definition) is 5. The summed E-state index contributed by atoms with van der Waals surface area (Å²) >= 11 is 0. The minimum atomic E-state index is -0.339. The Labute approximate surface area is 146 Å². The van der Waals surface area contributed by atoms with E-state index >= 15 is 0 Å². The van der Waals surface area contributed by atoms with E-state index in [4.69, 9.17) is 10.3 Å². The molecule has 1 fully saturated rings. The molecule has 2 amide bonds. The predicted octanol–water partition coefficient (Wildman–Crippen LogP) is 1.78. The van der Waals surface area contributed by atoms with E-state index in [2.05, 4.69) is 10.1 Å². The Morgan fingerprint density at radius 3 is 2.76 bits per heavy atom. The minimum Gasteiger partial charge on any atom is -0.369 e. The van der Waals surface area contributed by atoms with E-state index in [0.717, 1.165) is 18.4 Å². The molecule has 132 valence electrons. The maximum Gasteiger partial charge on any atom is 0.227 e. The van der Waals surface area contributed by atoms with Crippen LogP contribution in [-0.4, -0.2) is 39.4 Å². The molecule has 1 saturated heterocycles. The van der Waals surface area contributed by atoms with Crippen molar-refractivity contribution in [2.45, 2.75) is 38.6 Å². The van der Waals surface area contributed by atoms with Gasteiger partial charge in [0.2, 0.25) is 23.5 Å². The van der Waals surface area contributed by atoms with Crippen LogP contribution in [0, 0.1) is 5.92 Å². The van der Waals surface area contributed by atoms with Gasteiger partial charge in [0.15, 0.2) is 0 Å². The van der Waals surface area contributed by atoms with E-state index in [1.165, 1.54) is 0 Å². The summed E-state index contributed by atoms with van der Waals surface area (Å²) < 4.78 is 5.24. The smallest absolute Gasteiger partial charge is 0.227 e. The number of amides is 2. The van der Waals surface area contributed by atoms with Crippen molar-refractivity contribution in [1.29, 1.82) is 0 Å². The highest BCUT2D eigenvalue weighted by molar-refractivity contribution is 5.80. The van der Waals surface area contributed by atoms with Gasteiger partial charge in [0, 0.05) is 31.0 Å². The average molecular weight is 342 g/mol. The number of primary amides is 1. The van der Waals surface area contributed by atoms with Crippen LogP contribution in [0.25, 0.3) is 11.4 Å². The van der Waals surface area contributed by atoms with Gasteiger partial charge in [-0.05, 0) is 19.8 Å². The van der Waals surface area contributed by atoms with E-state index in [-0.39, 0.29) is 30.2 Å².